The minimum absolute atomic E-state index is 0.0972. The molecule has 76 valence electrons. The van der Waals surface area contributed by atoms with E-state index in [9.17, 15) is 9.18 Å². The molecule has 0 aromatic carbocycles. The Morgan fingerprint density at radius 3 is 2.85 bits per heavy atom. The third kappa shape index (κ3) is 2.66. The lowest BCUT2D eigenvalue weighted by molar-refractivity contribution is -0.151. The Hall–Kier alpha value is -0.640. The predicted octanol–water partition coefficient (Wildman–Crippen LogP) is 1.05. The van der Waals surface area contributed by atoms with Gasteiger partial charge in [0, 0.05) is 0 Å². The average molecular weight is 190 g/mol. The molecule has 0 spiro atoms. The van der Waals surface area contributed by atoms with Gasteiger partial charge in [-0.2, -0.15) is 0 Å². The summed E-state index contributed by atoms with van der Waals surface area (Å²) in [4.78, 5) is 11.2. The highest BCUT2D eigenvalue weighted by atomic mass is 19.1. The van der Waals surface area contributed by atoms with Crippen molar-refractivity contribution in [2.24, 2.45) is 5.92 Å². The highest BCUT2D eigenvalue weighted by Crippen LogP contribution is 2.27. The second-order valence-electron chi connectivity index (χ2n) is 3.35. The standard InChI is InChI=1S/C9H15FO3/c1-2-13-9(12)6-3-4-8(11)7(10)5-6/h6-8,11H,2-5H2,1H3/t6-,7-,8+/m1/s1. The normalized spacial score (nSPS) is 34.2. The van der Waals surface area contributed by atoms with Crippen molar-refractivity contribution in [3.05, 3.63) is 0 Å². The van der Waals surface area contributed by atoms with Gasteiger partial charge >= 0.3 is 5.97 Å². The molecule has 0 aliphatic heterocycles. The highest BCUT2D eigenvalue weighted by molar-refractivity contribution is 5.72. The summed E-state index contributed by atoms with van der Waals surface area (Å²) in [7, 11) is 0. The van der Waals surface area contributed by atoms with Crippen LogP contribution in [0.4, 0.5) is 4.39 Å². The van der Waals surface area contributed by atoms with E-state index < -0.39 is 12.3 Å². The van der Waals surface area contributed by atoms with Crippen molar-refractivity contribution >= 4 is 5.97 Å². The highest BCUT2D eigenvalue weighted by Gasteiger charge is 2.33. The third-order valence-corrected chi connectivity index (χ3v) is 2.36. The molecule has 4 heteroatoms. The van der Waals surface area contributed by atoms with Gasteiger partial charge in [0.1, 0.15) is 6.17 Å². The first-order valence-corrected chi connectivity index (χ1v) is 4.64. The fourth-order valence-electron chi connectivity index (χ4n) is 1.57. The molecule has 1 rings (SSSR count). The fourth-order valence-corrected chi connectivity index (χ4v) is 1.57. The monoisotopic (exact) mass is 190 g/mol. The number of aliphatic hydroxyl groups excluding tert-OH is 1. The van der Waals surface area contributed by atoms with Crippen LogP contribution in [0.1, 0.15) is 26.2 Å². The molecule has 3 atom stereocenters. The second-order valence-corrected chi connectivity index (χ2v) is 3.35. The molecule has 1 N–H and O–H groups in total. The fraction of sp³-hybridized carbons (Fsp3) is 0.889. The van der Waals surface area contributed by atoms with E-state index in [0.29, 0.717) is 19.4 Å². The first-order chi connectivity index (χ1) is 6.15. The van der Waals surface area contributed by atoms with Crippen LogP contribution in [0.5, 0.6) is 0 Å². The summed E-state index contributed by atoms with van der Waals surface area (Å²) < 4.78 is 17.7. The van der Waals surface area contributed by atoms with Crippen molar-refractivity contribution in [2.75, 3.05) is 6.61 Å². The summed E-state index contributed by atoms with van der Waals surface area (Å²) in [6.07, 6.45) is -1.20. The van der Waals surface area contributed by atoms with E-state index in [1.165, 1.54) is 0 Å². The SMILES string of the molecule is CCOC(=O)[C@@H]1CC[C@H](O)[C@H](F)C1. The number of ether oxygens (including phenoxy) is 1. The van der Waals surface area contributed by atoms with Crippen molar-refractivity contribution in [1.82, 2.24) is 0 Å². The maximum Gasteiger partial charge on any atom is 0.309 e. The topological polar surface area (TPSA) is 46.5 Å². The molecule has 1 saturated carbocycles. The van der Waals surface area contributed by atoms with E-state index in [0.717, 1.165) is 0 Å². The molecule has 0 radical (unpaired) electrons. The van der Waals surface area contributed by atoms with Crippen LogP contribution in [-0.4, -0.2) is 30.0 Å². The van der Waals surface area contributed by atoms with E-state index >= 15 is 0 Å². The number of hydrogen-bond acceptors (Lipinski definition) is 3. The molecule has 1 fully saturated rings. The predicted molar refractivity (Wildman–Crippen MR) is 44.9 cm³/mol. The molecule has 0 aromatic rings. The molecular formula is C9H15FO3. The quantitative estimate of drug-likeness (QED) is 0.662. The van der Waals surface area contributed by atoms with Crippen molar-refractivity contribution in [3.63, 3.8) is 0 Å². The molecule has 0 bridgehead atoms. The zero-order chi connectivity index (χ0) is 9.84. The Labute approximate surface area is 76.9 Å². The van der Waals surface area contributed by atoms with Gasteiger partial charge in [-0.25, -0.2) is 4.39 Å². The smallest absolute Gasteiger partial charge is 0.309 e. The number of carbonyl (C=O) groups excluding carboxylic acids is 1. The maximum absolute atomic E-state index is 13.0. The Morgan fingerprint density at radius 2 is 2.31 bits per heavy atom. The van der Waals surface area contributed by atoms with E-state index in [2.05, 4.69) is 0 Å². The van der Waals surface area contributed by atoms with Gasteiger partial charge in [-0.05, 0) is 26.2 Å². The Kier molecular flexibility index (Phi) is 3.66. The molecule has 0 amide bonds. The Morgan fingerprint density at radius 1 is 1.62 bits per heavy atom. The molecular weight excluding hydrogens is 175 g/mol. The molecule has 0 unspecified atom stereocenters. The van der Waals surface area contributed by atoms with Crippen LogP contribution in [0, 0.1) is 5.92 Å². The van der Waals surface area contributed by atoms with Crippen LogP contribution in [-0.2, 0) is 9.53 Å². The second kappa shape index (κ2) is 4.56. The van der Waals surface area contributed by atoms with Crippen LogP contribution < -0.4 is 0 Å². The molecule has 0 heterocycles. The lowest BCUT2D eigenvalue weighted by Crippen LogP contribution is -2.34. The third-order valence-electron chi connectivity index (χ3n) is 2.36. The van der Waals surface area contributed by atoms with Crippen LogP contribution in [0.25, 0.3) is 0 Å². The van der Waals surface area contributed by atoms with Gasteiger partial charge in [0.2, 0.25) is 0 Å². The Bertz CT molecular complexity index is 184. The van der Waals surface area contributed by atoms with Crippen molar-refractivity contribution < 1.29 is 19.0 Å². The van der Waals surface area contributed by atoms with Crippen LogP contribution in [0.3, 0.4) is 0 Å². The minimum Gasteiger partial charge on any atom is -0.466 e. The number of aliphatic hydroxyl groups is 1. The number of halogens is 1. The van der Waals surface area contributed by atoms with Gasteiger partial charge in [0.15, 0.2) is 0 Å². The summed E-state index contributed by atoms with van der Waals surface area (Å²) >= 11 is 0. The van der Waals surface area contributed by atoms with E-state index in [4.69, 9.17) is 9.84 Å². The number of carbonyl (C=O) groups is 1. The largest absolute Gasteiger partial charge is 0.466 e. The molecule has 3 nitrogen and oxygen atoms in total. The lowest BCUT2D eigenvalue weighted by atomic mass is 9.86. The Balaban J connectivity index is 2.40. The van der Waals surface area contributed by atoms with Crippen LogP contribution in [0.2, 0.25) is 0 Å². The summed E-state index contributed by atoms with van der Waals surface area (Å²) in [6.45, 7) is 2.05. The number of alkyl halides is 1. The zero-order valence-corrected chi connectivity index (χ0v) is 7.70. The van der Waals surface area contributed by atoms with Crippen molar-refractivity contribution in [2.45, 2.75) is 38.5 Å². The van der Waals surface area contributed by atoms with Gasteiger partial charge in [0.05, 0.1) is 18.6 Å². The lowest BCUT2D eigenvalue weighted by Gasteiger charge is -2.26. The van der Waals surface area contributed by atoms with Gasteiger partial charge in [-0.15, -0.1) is 0 Å². The number of rotatable bonds is 2. The summed E-state index contributed by atoms with van der Waals surface area (Å²) in [6, 6.07) is 0. The van der Waals surface area contributed by atoms with E-state index in [1.54, 1.807) is 6.92 Å². The molecule has 0 aromatic heterocycles. The van der Waals surface area contributed by atoms with E-state index in [1.807, 2.05) is 0 Å². The summed E-state index contributed by atoms with van der Waals surface area (Å²) in [5.74, 6) is -0.699. The molecule has 13 heavy (non-hydrogen) atoms. The minimum atomic E-state index is -1.27. The van der Waals surface area contributed by atoms with Crippen LogP contribution >= 0.6 is 0 Å². The summed E-state index contributed by atoms with van der Waals surface area (Å²) in [5, 5.41) is 9.08. The first kappa shape index (κ1) is 10.4. The molecule has 1 aliphatic rings. The van der Waals surface area contributed by atoms with Gasteiger partial charge in [-0.3, -0.25) is 4.79 Å². The summed E-state index contributed by atoms with van der Waals surface area (Å²) in [5.41, 5.74) is 0. The van der Waals surface area contributed by atoms with E-state index in [-0.39, 0.29) is 18.3 Å². The first-order valence-electron chi connectivity index (χ1n) is 4.64. The van der Waals surface area contributed by atoms with Crippen LogP contribution in [0.15, 0.2) is 0 Å². The maximum atomic E-state index is 13.0. The number of esters is 1. The number of hydrogen-bond donors (Lipinski definition) is 1. The van der Waals surface area contributed by atoms with Crippen molar-refractivity contribution in [1.29, 1.82) is 0 Å². The van der Waals surface area contributed by atoms with Gasteiger partial charge in [-0.1, -0.05) is 0 Å². The average Bonchev–Trinajstić information content (AvgIpc) is 2.10. The molecule has 1 aliphatic carbocycles. The van der Waals surface area contributed by atoms with Crippen molar-refractivity contribution in [3.8, 4) is 0 Å². The zero-order valence-electron chi connectivity index (χ0n) is 7.70. The van der Waals surface area contributed by atoms with Gasteiger partial charge in [0.25, 0.3) is 0 Å². The van der Waals surface area contributed by atoms with Gasteiger partial charge < -0.3 is 9.84 Å². The molecule has 0 saturated heterocycles.